The molecule has 0 fully saturated rings. The van der Waals surface area contributed by atoms with Crippen LogP contribution in [-0.2, 0) is 14.6 Å². The molecule has 0 aliphatic carbocycles. The zero-order chi connectivity index (χ0) is 20.3. The highest BCUT2D eigenvalue weighted by Crippen LogP contribution is 2.27. The molecule has 0 spiro atoms. The zero-order valence-electron chi connectivity index (χ0n) is 15.0. The molecule has 0 radical (unpaired) electrons. The number of sulfone groups is 1. The number of hydrogen-bond donors (Lipinski definition) is 0. The van der Waals surface area contributed by atoms with Crippen molar-refractivity contribution in [1.29, 1.82) is 0 Å². The fourth-order valence-corrected chi connectivity index (χ4v) is 4.15. The van der Waals surface area contributed by atoms with Crippen LogP contribution in [0, 0.1) is 17.0 Å². The normalized spacial score (nSPS) is 17.2. The highest BCUT2D eigenvalue weighted by Gasteiger charge is 2.32. The summed E-state index contributed by atoms with van der Waals surface area (Å²) in [6, 6.07) is 12.1. The molecule has 0 N–H and O–H groups in total. The molecule has 1 heterocycles. The fraction of sp³-hybridized carbons (Fsp3) is 0.211. The van der Waals surface area contributed by atoms with Gasteiger partial charge >= 0.3 is 5.69 Å². The van der Waals surface area contributed by atoms with Gasteiger partial charge in [-0.1, -0.05) is 29.8 Å². The minimum absolute atomic E-state index is 0.0284. The summed E-state index contributed by atoms with van der Waals surface area (Å²) in [6.07, 6.45) is 1.46. The quantitative estimate of drug-likeness (QED) is 0.543. The van der Waals surface area contributed by atoms with Crippen molar-refractivity contribution >= 4 is 27.1 Å². The molecule has 2 aromatic carbocycles. The molecule has 2 aromatic rings. The molecule has 1 aliphatic rings. The summed E-state index contributed by atoms with van der Waals surface area (Å²) in [5.74, 6) is -0.758. The standard InChI is InChI=1S/C19H18N2O6S/c1-14-6-8-15(9-7-14)20(16-10-11-28(25,26)13-16)19(22)12-27-18-5-3-2-4-17(18)21(23)24/h2-11,16H,12-13H2,1H3/t16-/m0/s1. The van der Waals surface area contributed by atoms with E-state index in [1.54, 1.807) is 18.2 Å². The van der Waals surface area contributed by atoms with Crippen LogP contribution in [0.4, 0.5) is 11.4 Å². The van der Waals surface area contributed by atoms with Crippen LogP contribution >= 0.6 is 0 Å². The number of nitrogens with zero attached hydrogens (tertiary/aromatic N) is 2. The number of anilines is 1. The lowest BCUT2D eigenvalue weighted by Gasteiger charge is -2.27. The smallest absolute Gasteiger partial charge is 0.310 e. The Hall–Kier alpha value is -3.20. The van der Waals surface area contributed by atoms with Crippen LogP contribution in [0.1, 0.15) is 5.56 Å². The van der Waals surface area contributed by atoms with Crippen LogP contribution in [0.25, 0.3) is 0 Å². The molecule has 3 rings (SSSR count). The number of carbonyl (C=O) groups is 1. The summed E-state index contributed by atoms with van der Waals surface area (Å²) in [6.45, 7) is 1.43. The van der Waals surface area contributed by atoms with Crippen LogP contribution in [0.5, 0.6) is 5.75 Å². The molecular weight excluding hydrogens is 384 g/mol. The third-order valence-electron chi connectivity index (χ3n) is 4.24. The Kier molecular flexibility index (Phi) is 5.46. The van der Waals surface area contributed by atoms with Crippen LogP contribution in [-0.4, -0.2) is 37.6 Å². The van der Waals surface area contributed by atoms with E-state index in [1.165, 1.54) is 29.2 Å². The van der Waals surface area contributed by atoms with Gasteiger partial charge in [-0.05, 0) is 31.2 Å². The van der Waals surface area contributed by atoms with E-state index < -0.39 is 33.3 Å². The van der Waals surface area contributed by atoms with Crippen molar-refractivity contribution in [2.75, 3.05) is 17.3 Å². The van der Waals surface area contributed by atoms with Gasteiger partial charge in [0.2, 0.25) is 0 Å². The molecule has 28 heavy (non-hydrogen) atoms. The van der Waals surface area contributed by atoms with Gasteiger partial charge in [-0.3, -0.25) is 14.9 Å². The van der Waals surface area contributed by atoms with Gasteiger partial charge in [0.15, 0.2) is 22.2 Å². The van der Waals surface area contributed by atoms with Crippen molar-refractivity contribution in [2.45, 2.75) is 13.0 Å². The van der Waals surface area contributed by atoms with Gasteiger partial charge in [0.1, 0.15) is 0 Å². The minimum Gasteiger partial charge on any atom is -0.477 e. The number of ether oxygens (including phenoxy) is 1. The van der Waals surface area contributed by atoms with Gasteiger partial charge in [-0.2, -0.15) is 0 Å². The number of para-hydroxylation sites is 2. The number of carbonyl (C=O) groups excluding carboxylic acids is 1. The SMILES string of the molecule is Cc1ccc(N(C(=O)COc2ccccc2[N+](=O)[O-])[C@H]2C=CS(=O)(=O)C2)cc1. The van der Waals surface area contributed by atoms with E-state index in [0.717, 1.165) is 11.0 Å². The summed E-state index contributed by atoms with van der Waals surface area (Å²) in [5.41, 5.74) is 1.26. The Morgan fingerprint density at radius 3 is 2.50 bits per heavy atom. The molecule has 0 unspecified atom stereocenters. The average Bonchev–Trinajstić information content (AvgIpc) is 3.01. The van der Waals surface area contributed by atoms with Gasteiger partial charge in [0, 0.05) is 17.2 Å². The summed E-state index contributed by atoms with van der Waals surface area (Å²) >= 11 is 0. The van der Waals surface area contributed by atoms with Crippen molar-refractivity contribution in [2.24, 2.45) is 0 Å². The summed E-state index contributed by atoms with van der Waals surface area (Å²) in [7, 11) is -3.38. The second-order valence-electron chi connectivity index (χ2n) is 6.34. The third-order valence-corrected chi connectivity index (χ3v) is 5.61. The van der Waals surface area contributed by atoms with Crippen LogP contribution in [0.15, 0.2) is 60.0 Å². The molecule has 9 heteroatoms. The van der Waals surface area contributed by atoms with Crippen LogP contribution < -0.4 is 9.64 Å². The molecule has 0 bridgehead atoms. The molecule has 8 nitrogen and oxygen atoms in total. The van der Waals surface area contributed by atoms with Crippen LogP contribution in [0.3, 0.4) is 0 Å². The zero-order valence-corrected chi connectivity index (χ0v) is 15.8. The third kappa shape index (κ3) is 4.37. The molecule has 0 aromatic heterocycles. The molecule has 1 aliphatic heterocycles. The first kappa shape index (κ1) is 19.6. The second kappa shape index (κ2) is 7.81. The van der Waals surface area contributed by atoms with E-state index in [-0.39, 0.29) is 17.2 Å². The average molecular weight is 402 g/mol. The number of nitro groups is 1. The van der Waals surface area contributed by atoms with Crippen LogP contribution in [0.2, 0.25) is 0 Å². The van der Waals surface area contributed by atoms with Crippen molar-refractivity contribution in [3.8, 4) is 5.75 Å². The predicted molar refractivity (Wildman–Crippen MR) is 104 cm³/mol. The Morgan fingerprint density at radius 1 is 1.21 bits per heavy atom. The summed E-state index contributed by atoms with van der Waals surface area (Å²) in [4.78, 5) is 24.7. The van der Waals surface area contributed by atoms with Gasteiger partial charge in [0.05, 0.1) is 16.7 Å². The Morgan fingerprint density at radius 2 is 1.89 bits per heavy atom. The van der Waals surface area contributed by atoms with Gasteiger partial charge in [-0.15, -0.1) is 0 Å². The predicted octanol–water partition coefficient (Wildman–Crippen LogP) is 2.63. The van der Waals surface area contributed by atoms with E-state index in [2.05, 4.69) is 0 Å². The van der Waals surface area contributed by atoms with E-state index in [4.69, 9.17) is 4.74 Å². The number of benzene rings is 2. The lowest BCUT2D eigenvalue weighted by molar-refractivity contribution is -0.385. The molecule has 0 saturated carbocycles. The van der Waals surface area contributed by atoms with Crippen molar-refractivity contribution in [1.82, 2.24) is 0 Å². The molecule has 1 atom stereocenters. The highest BCUT2D eigenvalue weighted by molar-refractivity contribution is 7.94. The number of amides is 1. The van der Waals surface area contributed by atoms with E-state index in [1.807, 2.05) is 19.1 Å². The number of hydrogen-bond acceptors (Lipinski definition) is 6. The number of rotatable bonds is 6. The lowest BCUT2D eigenvalue weighted by Crippen LogP contribution is -2.43. The fourth-order valence-electron chi connectivity index (χ4n) is 2.88. The molecular formula is C19H18N2O6S. The van der Waals surface area contributed by atoms with Gasteiger partial charge < -0.3 is 9.64 Å². The Bertz CT molecular complexity index is 1030. The van der Waals surface area contributed by atoms with Crippen molar-refractivity contribution < 1.29 is 22.9 Å². The van der Waals surface area contributed by atoms with E-state index in [0.29, 0.717) is 5.69 Å². The van der Waals surface area contributed by atoms with E-state index >= 15 is 0 Å². The topological polar surface area (TPSA) is 107 Å². The first-order chi connectivity index (χ1) is 13.3. The molecule has 146 valence electrons. The Labute approximate surface area is 162 Å². The highest BCUT2D eigenvalue weighted by atomic mass is 32.2. The van der Waals surface area contributed by atoms with Crippen molar-refractivity contribution in [3.05, 3.63) is 75.7 Å². The second-order valence-corrected chi connectivity index (χ2v) is 8.27. The summed E-state index contributed by atoms with van der Waals surface area (Å²) in [5, 5.41) is 12.2. The van der Waals surface area contributed by atoms with Gasteiger partial charge in [-0.25, -0.2) is 8.42 Å². The number of nitro benzene ring substituents is 1. The first-order valence-corrected chi connectivity index (χ1v) is 10.1. The van der Waals surface area contributed by atoms with E-state index in [9.17, 15) is 23.3 Å². The Balaban J connectivity index is 1.84. The maximum Gasteiger partial charge on any atom is 0.310 e. The maximum atomic E-state index is 12.9. The van der Waals surface area contributed by atoms with Crippen molar-refractivity contribution in [3.63, 3.8) is 0 Å². The summed E-state index contributed by atoms with van der Waals surface area (Å²) < 4.78 is 29.0. The lowest BCUT2D eigenvalue weighted by atomic mass is 10.1. The largest absolute Gasteiger partial charge is 0.477 e. The maximum absolute atomic E-state index is 12.9. The van der Waals surface area contributed by atoms with Gasteiger partial charge in [0.25, 0.3) is 5.91 Å². The number of aryl methyl sites for hydroxylation is 1. The molecule has 0 saturated heterocycles. The first-order valence-electron chi connectivity index (χ1n) is 8.43. The molecule has 1 amide bonds. The minimum atomic E-state index is -3.38. The monoisotopic (exact) mass is 402 g/mol.